The minimum absolute atomic E-state index is 0.101. The molecule has 0 aromatic heterocycles. The van der Waals surface area contributed by atoms with Crippen molar-refractivity contribution in [3.8, 4) is 17.2 Å². The van der Waals surface area contributed by atoms with E-state index >= 15 is 0 Å². The van der Waals surface area contributed by atoms with Crippen LogP contribution < -0.4 is 14.2 Å². The lowest BCUT2D eigenvalue weighted by Crippen LogP contribution is -2.37. The van der Waals surface area contributed by atoms with Crippen molar-refractivity contribution < 1.29 is 19.0 Å². The molecule has 9 heteroatoms. The molecule has 0 unspecified atom stereocenters. The molecule has 0 spiro atoms. The average molecular weight is 484 g/mol. The van der Waals surface area contributed by atoms with Crippen LogP contribution in [-0.4, -0.2) is 42.1 Å². The van der Waals surface area contributed by atoms with Crippen LogP contribution in [0, 0.1) is 12.3 Å². The molecular formula is C24H22ClN3O4S. The molecule has 0 atom stereocenters. The van der Waals surface area contributed by atoms with Crippen LogP contribution in [0.2, 0.25) is 5.02 Å². The van der Waals surface area contributed by atoms with E-state index < -0.39 is 5.91 Å². The van der Waals surface area contributed by atoms with Gasteiger partial charge in [0.25, 0.3) is 5.91 Å². The van der Waals surface area contributed by atoms with Crippen LogP contribution in [0.3, 0.4) is 0 Å². The number of nitrogens with zero attached hydrogens (tertiary/aromatic N) is 2. The maximum Gasteiger partial charge on any atom is 0.283 e. The fraction of sp³-hybridized carbons (Fsp3) is 0.208. The summed E-state index contributed by atoms with van der Waals surface area (Å²) in [6, 6.07) is 10.9. The molecule has 1 N–H and O–H groups in total. The van der Waals surface area contributed by atoms with Crippen LogP contribution in [0.25, 0.3) is 6.08 Å². The highest BCUT2D eigenvalue weighted by atomic mass is 35.5. The molecule has 0 radical (unpaired) electrons. The summed E-state index contributed by atoms with van der Waals surface area (Å²) in [5, 5.41) is 11.2. The molecule has 0 aliphatic carbocycles. The SMILES string of the molecule is COc1cc(C)ccc1OCCOc1ccc(/C=C2\C(=N)N3C(C)=CSC3=NC2=O)cc1Cl. The van der Waals surface area contributed by atoms with E-state index in [0.717, 1.165) is 11.3 Å². The monoisotopic (exact) mass is 483 g/mol. The van der Waals surface area contributed by atoms with E-state index in [1.807, 2.05) is 37.5 Å². The highest BCUT2D eigenvalue weighted by Crippen LogP contribution is 2.33. The van der Waals surface area contributed by atoms with Gasteiger partial charge in [-0.1, -0.05) is 35.5 Å². The van der Waals surface area contributed by atoms with E-state index in [4.69, 9.17) is 31.2 Å². The molecule has 2 aliphatic rings. The van der Waals surface area contributed by atoms with Gasteiger partial charge in [-0.2, -0.15) is 4.99 Å². The summed E-state index contributed by atoms with van der Waals surface area (Å²) in [5.74, 6) is 1.47. The van der Waals surface area contributed by atoms with Gasteiger partial charge >= 0.3 is 0 Å². The van der Waals surface area contributed by atoms with Crippen molar-refractivity contribution in [3.05, 3.63) is 69.2 Å². The number of methoxy groups -OCH3 is 1. The Hall–Kier alpha value is -3.23. The Balaban J connectivity index is 1.40. The fourth-order valence-corrected chi connectivity index (χ4v) is 4.43. The molecule has 2 heterocycles. The topological polar surface area (TPSA) is 84.2 Å². The summed E-state index contributed by atoms with van der Waals surface area (Å²) >= 11 is 7.72. The minimum atomic E-state index is -0.443. The first kappa shape index (κ1) is 22.9. The van der Waals surface area contributed by atoms with Crippen LogP contribution in [-0.2, 0) is 4.79 Å². The van der Waals surface area contributed by atoms with Gasteiger partial charge in [-0.15, -0.1) is 0 Å². The van der Waals surface area contributed by atoms with Crippen LogP contribution in [0.4, 0.5) is 0 Å². The van der Waals surface area contributed by atoms with Gasteiger partial charge in [-0.05, 0) is 60.7 Å². The van der Waals surface area contributed by atoms with Gasteiger partial charge in [-0.25, -0.2) is 0 Å². The highest BCUT2D eigenvalue weighted by molar-refractivity contribution is 8.16. The second-order valence-corrected chi connectivity index (χ2v) is 8.60. The summed E-state index contributed by atoms with van der Waals surface area (Å²) in [5.41, 5.74) is 2.82. The third kappa shape index (κ3) is 4.91. The number of thioether (sulfide) groups is 1. The second-order valence-electron chi connectivity index (χ2n) is 7.36. The Bertz CT molecular complexity index is 1220. The number of hydrogen-bond donors (Lipinski definition) is 1. The van der Waals surface area contributed by atoms with Gasteiger partial charge in [0, 0.05) is 5.70 Å². The molecule has 7 nitrogen and oxygen atoms in total. The van der Waals surface area contributed by atoms with Crippen molar-refractivity contribution in [2.24, 2.45) is 4.99 Å². The fourth-order valence-electron chi connectivity index (χ4n) is 3.33. The average Bonchev–Trinajstić information content (AvgIpc) is 3.16. The van der Waals surface area contributed by atoms with Gasteiger partial charge in [0.05, 0.1) is 17.7 Å². The lowest BCUT2D eigenvalue weighted by atomic mass is 10.1. The van der Waals surface area contributed by atoms with E-state index in [0.29, 0.717) is 39.6 Å². The second kappa shape index (κ2) is 9.72. The van der Waals surface area contributed by atoms with Crippen molar-refractivity contribution in [1.82, 2.24) is 4.90 Å². The predicted molar refractivity (Wildman–Crippen MR) is 132 cm³/mol. The molecule has 0 bridgehead atoms. The van der Waals surface area contributed by atoms with E-state index in [1.54, 1.807) is 36.3 Å². The molecule has 2 aromatic rings. The van der Waals surface area contributed by atoms with Crippen LogP contribution in [0.15, 0.2) is 58.1 Å². The Morgan fingerprint density at radius 2 is 1.82 bits per heavy atom. The zero-order valence-corrected chi connectivity index (χ0v) is 19.9. The summed E-state index contributed by atoms with van der Waals surface area (Å²) in [7, 11) is 1.60. The standard InChI is InChI=1S/C24H22ClN3O4S/c1-14-4-6-20(21(10-14)30-3)32-9-8-31-19-7-5-16(12-18(19)25)11-17-22(26)28-15(2)13-33-24(28)27-23(17)29/h4-7,10-13,26H,8-9H2,1-3H3/b17-11+,26-22?. The summed E-state index contributed by atoms with van der Waals surface area (Å²) in [6.45, 7) is 4.46. The molecule has 2 aromatic carbocycles. The number of ether oxygens (including phenoxy) is 3. The lowest BCUT2D eigenvalue weighted by Gasteiger charge is -2.25. The van der Waals surface area contributed by atoms with E-state index in [1.165, 1.54) is 11.8 Å². The zero-order chi connectivity index (χ0) is 23.5. The molecule has 33 heavy (non-hydrogen) atoms. The minimum Gasteiger partial charge on any atom is -0.493 e. The number of nitrogens with one attached hydrogen (secondary N) is 1. The van der Waals surface area contributed by atoms with Gasteiger partial charge in [-0.3, -0.25) is 15.1 Å². The maximum absolute atomic E-state index is 12.4. The number of rotatable bonds is 7. The molecule has 0 fully saturated rings. The largest absolute Gasteiger partial charge is 0.493 e. The summed E-state index contributed by atoms with van der Waals surface area (Å²) in [6.07, 6.45) is 1.61. The van der Waals surface area contributed by atoms with E-state index in [9.17, 15) is 4.79 Å². The number of carbonyl (C=O) groups excluding carboxylic acids is 1. The molecule has 2 aliphatic heterocycles. The first-order chi connectivity index (χ1) is 15.9. The number of amidine groups is 2. The van der Waals surface area contributed by atoms with Crippen molar-refractivity contribution in [3.63, 3.8) is 0 Å². The van der Waals surface area contributed by atoms with Crippen LogP contribution in [0.1, 0.15) is 18.1 Å². The molecule has 0 saturated carbocycles. The van der Waals surface area contributed by atoms with Gasteiger partial charge in [0.2, 0.25) is 0 Å². The van der Waals surface area contributed by atoms with Crippen molar-refractivity contribution in [1.29, 1.82) is 5.41 Å². The lowest BCUT2D eigenvalue weighted by molar-refractivity contribution is -0.114. The number of hydrogen-bond acceptors (Lipinski definition) is 6. The molecular weight excluding hydrogens is 462 g/mol. The number of allylic oxidation sites excluding steroid dienone is 1. The van der Waals surface area contributed by atoms with E-state index in [-0.39, 0.29) is 18.0 Å². The van der Waals surface area contributed by atoms with Gasteiger partial charge in [0.1, 0.15) is 24.8 Å². The number of fused-ring (bicyclic) bond motifs is 1. The summed E-state index contributed by atoms with van der Waals surface area (Å²) in [4.78, 5) is 18.2. The van der Waals surface area contributed by atoms with Crippen LogP contribution >= 0.6 is 23.4 Å². The number of aryl methyl sites for hydroxylation is 1. The Morgan fingerprint density at radius 1 is 1.09 bits per heavy atom. The Labute approximate surface area is 201 Å². The van der Waals surface area contributed by atoms with Gasteiger partial charge < -0.3 is 14.2 Å². The zero-order valence-electron chi connectivity index (χ0n) is 18.3. The molecule has 0 saturated heterocycles. The number of benzene rings is 2. The van der Waals surface area contributed by atoms with Crippen molar-refractivity contribution >= 4 is 46.3 Å². The third-order valence-corrected chi connectivity index (χ3v) is 6.21. The van der Waals surface area contributed by atoms with E-state index in [2.05, 4.69) is 4.99 Å². The first-order valence-electron chi connectivity index (χ1n) is 10.1. The highest BCUT2D eigenvalue weighted by Gasteiger charge is 2.33. The number of amides is 1. The smallest absolute Gasteiger partial charge is 0.283 e. The van der Waals surface area contributed by atoms with Gasteiger partial charge in [0.15, 0.2) is 16.7 Å². The van der Waals surface area contributed by atoms with Crippen LogP contribution in [0.5, 0.6) is 17.2 Å². The van der Waals surface area contributed by atoms with Crippen molar-refractivity contribution in [2.75, 3.05) is 20.3 Å². The normalized spacial score (nSPS) is 16.5. The number of carbonyl (C=O) groups is 1. The molecule has 4 rings (SSSR count). The third-order valence-electron chi connectivity index (χ3n) is 4.97. The quantitative estimate of drug-likeness (QED) is 0.426. The van der Waals surface area contributed by atoms with Crippen molar-refractivity contribution in [2.45, 2.75) is 13.8 Å². The number of aliphatic imine (C=N–C) groups is 1. The molecule has 1 amide bonds. The number of halogens is 1. The molecule has 170 valence electrons. The summed E-state index contributed by atoms with van der Waals surface area (Å²) < 4.78 is 16.8. The Morgan fingerprint density at radius 3 is 2.55 bits per heavy atom. The first-order valence-corrected chi connectivity index (χ1v) is 11.4. The Kier molecular flexibility index (Phi) is 6.76. The predicted octanol–water partition coefficient (Wildman–Crippen LogP) is 5.28. The maximum atomic E-state index is 12.4.